The predicted octanol–water partition coefficient (Wildman–Crippen LogP) is 1.77. The van der Waals surface area contributed by atoms with E-state index >= 15 is 0 Å². The van der Waals surface area contributed by atoms with Crippen LogP contribution in [0, 0.1) is 0 Å². The lowest BCUT2D eigenvalue weighted by Crippen LogP contribution is -2.41. The standard InChI is InChI=1S/C11H22N2/c1-10(2)9-13-8-4-3-5-11(13)6-7-12/h11H,1,3-9,12H2,2H3. The fourth-order valence-corrected chi connectivity index (χ4v) is 2.13. The van der Waals surface area contributed by atoms with Gasteiger partial charge in [0.05, 0.1) is 0 Å². The molecular weight excluding hydrogens is 160 g/mol. The van der Waals surface area contributed by atoms with Crippen molar-refractivity contribution in [1.82, 2.24) is 4.90 Å². The summed E-state index contributed by atoms with van der Waals surface area (Å²) in [6.45, 7) is 9.19. The van der Waals surface area contributed by atoms with Gasteiger partial charge in [-0.15, -0.1) is 0 Å². The van der Waals surface area contributed by atoms with Crippen molar-refractivity contribution in [1.29, 1.82) is 0 Å². The average molecular weight is 182 g/mol. The summed E-state index contributed by atoms with van der Waals surface area (Å²) in [6, 6.07) is 0.718. The van der Waals surface area contributed by atoms with Crippen molar-refractivity contribution < 1.29 is 0 Å². The molecule has 0 aromatic rings. The molecule has 1 heterocycles. The van der Waals surface area contributed by atoms with Crippen LogP contribution < -0.4 is 5.73 Å². The molecular formula is C11H22N2. The molecule has 2 N–H and O–H groups in total. The summed E-state index contributed by atoms with van der Waals surface area (Å²) in [4.78, 5) is 2.54. The Kier molecular flexibility index (Phi) is 4.46. The molecule has 1 atom stereocenters. The molecule has 1 aliphatic heterocycles. The van der Waals surface area contributed by atoms with Gasteiger partial charge in [0.15, 0.2) is 0 Å². The van der Waals surface area contributed by atoms with Gasteiger partial charge in [0.25, 0.3) is 0 Å². The average Bonchev–Trinajstić information content (AvgIpc) is 2.08. The van der Waals surface area contributed by atoms with Crippen LogP contribution in [0.2, 0.25) is 0 Å². The van der Waals surface area contributed by atoms with Gasteiger partial charge in [-0.25, -0.2) is 0 Å². The SMILES string of the molecule is C=C(C)CN1CCCCC1CCN. The van der Waals surface area contributed by atoms with Gasteiger partial charge in [0, 0.05) is 12.6 Å². The maximum Gasteiger partial charge on any atom is 0.0190 e. The molecule has 0 radical (unpaired) electrons. The summed E-state index contributed by atoms with van der Waals surface area (Å²) < 4.78 is 0. The van der Waals surface area contributed by atoms with Crippen LogP contribution in [-0.2, 0) is 0 Å². The normalized spacial score (nSPS) is 24.6. The molecule has 0 bridgehead atoms. The van der Waals surface area contributed by atoms with E-state index in [2.05, 4.69) is 18.4 Å². The summed E-state index contributed by atoms with van der Waals surface area (Å²) in [5.41, 5.74) is 6.87. The lowest BCUT2D eigenvalue weighted by atomic mass is 9.99. The van der Waals surface area contributed by atoms with Crippen molar-refractivity contribution in [3.8, 4) is 0 Å². The van der Waals surface area contributed by atoms with E-state index in [1.54, 1.807) is 0 Å². The lowest BCUT2D eigenvalue weighted by Gasteiger charge is -2.35. The fourth-order valence-electron chi connectivity index (χ4n) is 2.13. The van der Waals surface area contributed by atoms with Crippen LogP contribution in [-0.4, -0.2) is 30.6 Å². The molecule has 1 rings (SSSR count). The van der Waals surface area contributed by atoms with E-state index in [0.717, 1.165) is 25.6 Å². The van der Waals surface area contributed by atoms with Crippen LogP contribution in [0.5, 0.6) is 0 Å². The van der Waals surface area contributed by atoms with Crippen LogP contribution in [0.4, 0.5) is 0 Å². The monoisotopic (exact) mass is 182 g/mol. The summed E-state index contributed by atoms with van der Waals surface area (Å²) in [5.74, 6) is 0. The van der Waals surface area contributed by atoms with Gasteiger partial charge in [0.2, 0.25) is 0 Å². The molecule has 0 aliphatic carbocycles. The third kappa shape index (κ3) is 3.49. The molecule has 1 unspecified atom stereocenters. The Morgan fingerprint density at radius 1 is 1.54 bits per heavy atom. The zero-order valence-corrected chi connectivity index (χ0v) is 8.76. The van der Waals surface area contributed by atoms with Crippen molar-refractivity contribution in [3.05, 3.63) is 12.2 Å². The Labute approximate surface area is 81.8 Å². The Hall–Kier alpha value is -0.340. The number of rotatable bonds is 4. The first-order valence-corrected chi connectivity index (χ1v) is 5.32. The highest BCUT2D eigenvalue weighted by atomic mass is 15.2. The number of hydrogen-bond acceptors (Lipinski definition) is 2. The highest BCUT2D eigenvalue weighted by Crippen LogP contribution is 2.19. The Morgan fingerprint density at radius 3 is 2.92 bits per heavy atom. The maximum atomic E-state index is 5.60. The topological polar surface area (TPSA) is 29.3 Å². The minimum atomic E-state index is 0.718. The first-order valence-electron chi connectivity index (χ1n) is 5.32. The maximum absolute atomic E-state index is 5.60. The van der Waals surface area contributed by atoms with E-state index < -0.39 is 0 Å². The summed E-state index contributed by atoms with van der Waals surface area (Å²) in [5, 5.41) is 0. The lowest BCUT2D eigenvalue weighted by molar-refractivity contribution is 0.155. The minimum absolute atomic E-state index is 0.718. The number of hydrogen-bond donors (Lipinski definition) is 1. The van der Waals surface area contributed by atoms with Gasteiger partial charge in [-0.2, -0.15) is 0 Å². The largest absolute Gasteiger partial charge is 0.330 e. The van der Waals surface area contributed by atoms with Gasteiger partial charge in [-0.05, 0) is 39.3 Å². The van der Waals surface area contributed by atoms with E-state index in [-0.39, 0.29) is 0 Å². The van der Waals surface area contributed by atoms with Crippen LogP contribution in [0.15, 0.2) is 12.2 Å². The van der Waals surface area contributed by atoms with Gasteiger partial charge in [-0.3, -0.25) is 4.90 Å². The Bertz CT molecular complexity index is 163. The highest BCUT2D eigenvalue weighted by molar-refractivity contribution is 4.94. The zero-order valence-electron chi connectivity index (χ0n) is 8.76. The van der Waals surface area contributed by atoms with Gasteiger partial charge in [0.1, 0.15) is 0 Å². The molecule has 1 saturated heterocycles. The molecule has 0 saturated carbocycles. The van der Waals surface area contributed by atoms with E-state index in [9.17, 15) is 0 Å². The van der Waals surface area contributed by atoms with Gasteiger partial charge < -0.3 is 5.73 Å². The molecule has 1 fully saturated rings. The molecule has 0 amide bonds. The van der Waals surface area contributed by atoms with Crippen LogP contribution in [0.25, 0.3) is 0 Å². The molecule has 0 spiro atoms. The van der Waals surface area contributed by atoms with Crippen molar-refractivity contribution in [3.63, 3.8) is 0 Å². The summed E-state index contributed by atoms with van der Waals surface area (Å²) >= 11 is 0. The Morgan fingerprint density at radius 2 is 2.31 bits per heavy atom. The van der Waals surface area contributed by atoms with Gasteiger partial charge >= 0.3 is 0 Å². The van der Waals surface area contributed by atoms with Crippen molar-refractivity contribution >= 4 is 0 Å². The molecule has 13 heavy (non-hydrogen) atoms. The third-order valence-corrected chi connectivity index (χ3v) is 2.72. The summed E-state index contributed by atoms with van der Waals surface area (Å²) in [6.07, 6.45) is 5.18. The minimum Gasteiger partial charge on any atom is -0.330 e. The Balaban J connectivity index is 2.41. The highest BCUT2D eigenvalue weighted by Gasteiger charge is 2.20. The number of nitrogens with two attached hydrogens (primary N) is 1. The molecule has 1 aliphatic rings. The third-order valence-electron chi connectivity index (χ3n) is 2.72. The second-order valence-corrected chi connectivity index (χ2v) is 4.15. The van der Waals surface area contributed by atoms with Crippen molar-refractivity contribution in [2.45, 2.75) is 38.6 Å². The zero-order chi connectivity index (χ0) is 9.68. The molecule has 0 aromatic carbocycles. The van der Waals surface area contributed by atoms with Gasteiger partial charge in [-0.1, -0.05) is 18.6 Å². The first-order chi connectivity index (χ1) is 6.24. The van der Waals surface area contributed by atoms with E-state index in [4.69, 9.17) is 5.73 Å². The van der Waals surface area contributed by atoms with E-state index in [0.29, 0.717) is 0 Å². The van der Waals surface area contributed by atoms with E-state index in [1.165, 1.54) is 31.4 Å². The molecule has 2 nitrogen and oxygen atoms in total. The van der Waals surface area contributed by atoms with E-state index in [1.807, 2.05) is 0 Å². The number of piperidine rings is 1. The fraction of sp³-hybridized carbons (Fsp3) is 0.818. The van der Waals surface area contributed by atoms with Crippen LogP contribution in [0.1, 0.15) is 32.6 Å². The molecule has 2 heteroatoms. The smallest absolute Gasteiger partial charge is 0.0190 e. The second kappa shape index (κ2) is 5.40. The second-order valence-electron chi connectivity index (χ2n) is 4.15. The molecule has 76 valence electrons. The van der Waals surface area contributed by atoms with Crippen molar-refractivity contribution in [2.75, 3.05) is 19.6 Å². The quantitative estimate of drug-likeness (QED) is 0.671. The number of likely N-dealkylation sites (tertiary alicyclic amines) is 1. The van der Waals surface area contributed by atoms with Crippen LogP contribution in [0.3, 0.4) is 0 Å². The van der Waals surface area contributed by atoms with Crippen LogP contribution >= 0.6 is 0 Å². The number of nitrogens with zero attached hydrogens (tertiary/aromatic N) is 1. The predicted molar refractivity (Wildman–Crippen MR) is 57.7 cm³/mol. The van der Waals surface area contributed by atoms with Crippen molar-refractivity contribution in [2.24, 2.45) is 5.73 Å². The summed E-state index contributed by atoms with van der Waals surface area (Å²) in [7, 11) is 0. The first kappa shape index (κ1) is 10.7. The molecule has 0 aromatic heterocycles.